The van der Waals surface area contributed by atoms with Gasteiger partial charge in [-0.05, 0) is 24.3 Å². The van der Waals surface area contributed by atoms with Crippen LogP contribution in [0.5, 0.6) is 11.5 Å². The SMILES string of the molecule is COc1ccc(OC)c(Sc2ccccc2C=NN=C2NC(=O)CS2)c1. The van der Waals surface area contributed by atoms with Crippen LogP contribution < -0.4 is 14.8 Å². The van der Waals surface area contributed by atoms with Crippen molar-refractivity contribution in [1.29, 1.82) is 0 Å². The zero-order valence-corrected chi connectivity index (χ0v) is 15.9. The summed E-state index contributed by atoms with van der Waals surface area (Å²) in [4.78, 5) is 13.1. The van der Waals surface area contributed by atoms with Crippen molar-refractivity contribution < 1.29 is 14.3 Å². The second kappa shape index (κ2) is 8.77. The van der Waals surface area contributed by atoms with Gasteiger partial charge in [-0.3, -0.25) is 4.79 Å². The molecule has 1 N–H and O–H groups in total. The van der Waals surface area contributed by atoms with E-state index in [4.69, 9.17) is 9.47 Å². The average Bonchev–Trinajstić information content (AvgIpc) is 3.08. The number of carbonyl (C=O) groups is 1. The van der Waals surface area contributed by atoms with Gasteiger partial charge in [0.25, 0.3) is 0 Å². The van der Waals surface area contributed by atoms with Gasteiger partial charge in [-0.1, -0.05) is 41.7 Å². The predicted octanol–water partition coefficient (Wildman–Crippen LogP) is 3.41. The maximum absolute atomic E-state index is 11.2. The van der Waals surface area contributed by atoms with Crippen LogP contribution in [0.15, 0.2) is 62.5 Å². The van der Waals surface area contributed by atoms with E-state index in [1.54, 1.807) is 32.2 Å². The number of nitrogens with one attached hydrogen (secondary N) is 1. The molecule has 1 heterocycles. The summed E-state index contributed by atoms with van der Waals surface area (Å²) in [6, 6.07) is 13.5. The predicted molar refractivity (Wildman–Crippen MR) is 106 cm³/mol. The van der Waals surface area contributed by atoms with Crippen molar-refractivity contribution in [3.8, 4) is 11.5 Å². The topological polar surface area (TPSA) is 72.3 Å². The van der Waals surface area contributed by atoms with Crippen molar-refractivity contribution in [3.05, 3.63) is 48.0 Å². The van der Waals surface area contributed by atoms with Crippen molar-refractivity contribution in [2.45, 2.75) is 9.79 Å². The fraction of sp³-hybridized carbons (Fsp3) is 0.167. The fourth-order valence-corrected chi connectivity index (χ4v) is 3.87. The van der Waals surface area contributed by atoms with Gasteiger partial charge < -0.3 is 14.8 Å². The number of ether oxygens (including phenoxy) is 2. The number of nitrogens with zero attached hydrogens (tertiary/aromatic N) is 2. The van der Waals surface area contributed by atoms with Crippen molar-refractivity contribution in [2.75, 3.05) is 20.0 Å². The zero-order valence-electron chi connectivity index (χ0n) is 14.3. The van der Waals surface area contributed by atoms with Crippen molar-refractivity contribution in [3.63, 3.8) is 0 Å². The van der Waals surface area contributed by atoms with Gasteiger partial charge in [0, 0.05) is 10.5 Å². The minimum absolute atomic E-state index is 0.0509. The highest BCUT2D eigenvalue weighted by molar-refractivity contribution is 8.15. The molecular weight excluding hydrogens is 370 g/mol. The van der Waals surface area contributed by atoms with Gasteiger partial charge >= 0.3 is 0 Å². The lowest BCUT2D eigenvalue weighted by Crippen LogP contribution is -2.19. The summed E-state index contributed by atoms with van der Waals surface area (Å²) in [6.45, 7) is 0. The number of methoxy groups -OCH3 is 2. The Morgan fingerprint density at radius 3 is 2.73 bits per heavy atom. The van der Waals surface area contributed by atoms with E-state index in [-0.39, 0.29) is 5.91 Å². The van der Waals surface area contributed by atoms with Gasteiger partial charge in [-0.25, -0.2) is 0 Å². The van der Waals surface area contributed by atoms with E-state index in [1.165, 1.54) is 11.8 Å². The normalized spacial score (nSPS) is 15.5. The molecule has 0 radical (unpaired) electrons. The Morgan fingerprint density at radius 2 is 2.00 bits per heavy atom. The van der Waals surface area contributed by atoms with Gasteiger partial charge in [0.15, 0.2) is 5.17 Å². The standard InChI is InChI=1S/C18H17N3O3S2/c1-23-13-7-8-14(24-2)16(9-13)26-15-6-4-3-5-12(15)10-19-21-18-20-17(22)11-25-18/h3-10H,11H2,1-2H3,(H,20,21,22). The van der Waals surface area contributed by atoms with Crippen LogP contribution in [0.3, 0.4) is 0 Å². The Labute approximate surface area is 160 Å². The first-order chi connectivity index (χ1) is 12.7. The van der Waals surface area contributed by atoms with Crippen LogP contribution in [0.1, 0.15) is 5.56 Å². The second-order valence-electron chi connectivity index (χ2n) is 5.14. The first kappa shape index (κ1) is 18.3. The van der Waals surface area contributed by atoms with Crippen LogP contribution in [0.4, 0.5) is 0 Å². The van der Waals surface area contributed by atoms with Crippen molar-refractivity contribution >= 4 is 40.8 Å². The molecule has 0 saturated carbocycles. The third kappa shape index (κ3) is 4.59. The molecule has 8 heteroatoms. The summed E-state index contributed by atoms with van der Waals surface area (Å²) in [5.41, 5.74) is 0.918. The van der Waals surface area contributed by atoms with E-state index in [2.05, 4.69) is 15.5 Å². The highest BCUT2D eigenvalue weighted by atomic mass is 32.2. The van der Waals surface area contributed by atoms with E-state index in [0.717, 1.165) is 26.9 Å². The van der Waals surface area contributed by atoms with E-state index in [9.17, 15) is 4.79 Å². The number of hydrogen-bond donors (Lipinski definition) is 1. The van der Waals surface area contributed by atoms with Gasteiger partial charge in [0.1, 0.15) is 11.5 Å². The fourth-order valence-electron chi connectivity index (χ4n) is 2.19. The molecule has 134 valence electrons. The molecule has 0 aliphatic carbocycles. The number of carbonyl (C=O) groups excluding carboxylic acids is 1. The average molecular weight is 387 g/mol. The first-order valence-electron chi connectivity index (χ1n) is 7.72. The molecule has 1 aliphatic rings. The number of thioether (sulfide) groups is 1. The minimum atomic E-state index is -0.0509. The second-order valence-corrected chi connectivity index (χ2v) is 7.19. The summed E-state index contributed by atoms with van der Waals surface area (Å²) in [5.74, 6) is 1.87. The van der Waals surface area contributed by atoms with E-state index in [1.807, 2.05) is 42.5 Å². The van der Waals surface area contributed by atoms with Crippen LogP contribution >= 0.6 is 23.5 Å². The monoisotopic (exact) mass is 387 g/mol. The Balaban J connectivity index is 1.82. The van der Waals surface area contributed by atoms with Crippen LogP contribution in [0.25, 0.3) is 0 Å². The summed E-state index contributed by atoms with van der Waals surface area (Å²) < 4.78 is 10.7. The van der Waals surface area contributed by atoms with Crippen molar-refractivity contribution in [1.82, 2.24) is 5.32 Å². The van der Waals surface area contributed by atoms with Crippen LogP contribution in [-0.4, -0.2) is 37.3 Å². The molecule has 0 spiro atoms. The number of hydrogen-bond acceptors (Lipinski definition) is 7. The van der Waals surface area contributed by atoms with E-state index >= 15 is 0 Å². The van der Waals surface area contributed by atoms with Crippen LogP contribution in [0, 0.1) is 0 Å². The Kier molecular flexibility index (Phi) is 6.19. The molecular formula is C18H17N3O3S2. The summed E-state index contributed by atoms with van der Waals surface area (Å²) in [5, 5.41) is 11.3. The Morgan fingerprint density at radius 1 is 1.15 bits per heavy atom. The van der Waals surface area contributed by atoms with Gasteiger partial charge in [-0.2, -0.15) is 5.10 Å². The van der Waals surface area contributed by atoms with Crippen LogP contribution in [0.2, 0.25) is 0 Å². The molecule has 1 amide bonds. The number of amidine groups is 1. The molecule has 1 saturated heterocycles. The maximum atomic E-state index is 11.2. The smallest absolute Gasteiger partial charge is 0.236 e. The van der Waals surface area contributed by atoms with Gasteiger partial charge in [0.05, 0.1) is 31.1 Å². The number of rotatable bonds is 6. The summed E-state index contributed by atoms with van der Waals surface area (Å²) >= 11 is 2.90. The molecule has 26 heavy (non-hydrogen) atoms. The molecule has 2 aromatic rings. The van der Waals surface area contributed by atoms with Gasteiger partial charge in [0.2, 0.25) is 5.91 Å². The highest BCUT2D eigenvalue weighted by Gasteiger charge is 2.16. The quantitative estimate of drug-likeness (QED) is 0.607. The molecule has 0 unspecified atom stereocenters. The van der Waals surface area contributed by atoms with E-state index < -0.39 is 0 Å². The maximum Gasteiger partial charge on any atom is 0.236 e. The lowest BCUT2D eigenvalue weighted by molar-refractivity contribution is -0.116. The van der Waals surface area contributed by atoms with E-state index in [0.29, 0.717) is 10.9 Å². The lowest BCUT2D eigenvalue weighted by Gasteiger charge is -2.11. The molecule has 2 aromatic carbocycles. The first-order valence-corrected chi connectivity index (χ1v) is 9.52. The Hall–Kier alpha value is -2.45. The largest absolute Gasteiger partial charge is 0.497 e. The third-order valence-corrected chi connectivity index (χ3v) is 5.44. The summed E-state index contributed by atoms with van der Waals surface area (Å²) in [7, 11) is 3.28. The van der Waals surface area contributed by atoms with Gasteiger partial charge in [-0.15, -0.1) is 5.10 Å². The third-order valence-electron chi connectivity index (χ3n) is 3.44. The van der Waals surface area contributed by atoms with Crippen LogP contribution in [-0.2, 0) is 4.79 Å². The molecule has 0 bridgehead atoms. The zero-order chi connectivity index (χ0) is 18.4. The molecule has 0 atom stereocenters. The molecule has 6 nitrogen and oxygen atoms in total. The summed E-state index contributed by atoms with van der Waals surface area (Å²) in [6.07, 6.45) is 1.67. The molecule has 1 fully saturated rings. The molecule has 0 aromatic heterocycles. The lowest BCUT2D eigenvalue weighted by atomic mass is 10.2. The van der Waals surface area contributed by atoms with Crippen molar-refractivity contribution in [2.24, 2.45) is 10.2 Å². The number of amides is 1. The Bertz CT molecular complexity index is 869. The number of benzene rings is 2. The minimum Gasteiger partial charge on any atom is -0.497 e. The highest BCUT2D eigenvalue weighted by Crippen LogP contribution is 2.38. The molecule has 3 rings (SSSR count). The molecule has 1 aliphatic heterocycles.